The molecule has 0 aliphatic heterocycles. The number of nitrogens with zero attached hydrogens (tertiary/aromatic N) is 1. The van der Waals surface area contributed by atoms with Crippen LogP contribution in [0.2, 0.25) is 0 Å². The van der Waals surface area contributed by atoms with Crippen LogP contribution in [0.5, 0.6) is 0 Å². The summed E-state index contributed by atoms with van der Waals surface area (Å²) < 4.78 is 26.3. The molecule has 1 saturated carbocycles. The summed E-state index contributed by atoms with van der Waals surface area (Å²) in [6.45, 7) is 6.19. The van der Waals surface area contributed by atoms with Crippen LogP contribution < -0.4 is 0 Å². The first-order valence-corrected chi connectivity index (χ1v) is 6.78. The van der Waals surface area contributed by atoms with Crippen molar-refractivity contribution in [1.29, 1.82) is 0 Å². The second kappa shape index (κ2) is 5.07. The fourth-order valence-corrected chi connectivity index (χ4v) is 2.87. The third-order valence-electron chi connectivity index (χ3n) is 2.97. The number of rotatable bonds is 3. The number of thioether (sulfide) groups is 1. The van der Waals surface area contributed by atoms with Gasteiger partial charge in [0.25, 0.3) is 0 Å². The summed E-state index contributed by atoms with van der Waals surface area (Å²) in [6.07, 6.45) is 1.76. The Morgan fingerprint density at radius 1 is 1.24 bits per heavy atom. The molecule has 0 spiro atoms. The highest BCUT2D eigenvalue weighted by molar-refractivity contribution is 8.00. The standard InChI is InChI=1S/C12H19F2NOS/c1-10(2,3)17-8-11(15-9-16)4-6-12(13,14)7-5-11/h4-8H2,1-3H3. The van der Waals surface area contributed by atoms with E-state index in [1.165, 1.54) is 0 Å². The zero-order chi connectivity index (χ0) is 13.2. The maximum Gasteiger partial charge on any atom is 0.248 e. The van der Waals surface area contributed by atoms with Crippen molar-refractivity contribution in [3.63, 3.8) is 0 Å². The van der Waals surface area contributed by atoms with Gasteiger partial charge in [-0.15, -0.1) is 0 Å². The number of isocyanates is 1. The van der Waals surface area contributed by atoms with Gasteiger partial charge in [0.1, 0.15) is 0 Å². The molecule has 0 amide bonds. The van der Waals surface area contributed by atoms with Crippen LogP contribution in [-0.4, -0.2) is 28.0 Å². The maximum absolute atomic E-state index is 13.1. The van der Waals surface area contributed by atoms with Gasteiger partial charge in [0.05, 0.1) is 5.54 Å². The van der Waals surface area contributed by atoms with Gasteiger partial charge in [0.2, 0.25) is 12.0 Å². The SMILES string of the molecule is CC(C)(C)SCC1(N=C=O)CCC(F)(F)CC1. The summed E-state index contributed by atoms with van der Waals surface area (Å²) in [5.74, 6) is -1.98. The lowest BCUT2D eigenvalue weighted by Gasteiger charge is -2.37. The van der Waals surface area contributed by atoms with Gasteiger partial charge >= 0.3 is 0 Å². The molecule has 2 nitrogen and oxygen atoms in total. The van der Waals surface area contributed by atoms with Gasteiger partial charge in [-0.05, 0) is 12.8 Å². The Morgan fingerprint density at radius 2 is 1.76 bits per heavy atom. The summed E-state index contributed by atoms with van der Waals surface area (Å²) in [4.78, 5) is 14.3. The van der Waals surface area contributed by atoms with Crippen molar-refractivity contribution < 1.29 is 13.6 Å². The molecule has 17 heavy (non-hydrogen) atoms. The van der Waals surface area contributed by atoms with E-state index in [0.29, 0.717) is 5.75 Å². The van der Waals surface area contributed by atoms with Crippen molar-refractivity contribution in [2.75, 3.05) is 5.75 Å². The molecule has 0 bridgehead atoms. The Hall–Kier alpha value is -0.410. The van der Waals surface area contributed by atoms with E-state index in [1.54, 1.807) is 17.8 Å². The number of alkyl halides is 2. The van der Waals surface area contributed by atoms with Crippen molar-refractivity contribution in [3.8, 4) is 0 Å². The second-order valence-corrected chi connectivity index (χ2v) is 7.49. The lowest BCUT2D eigenvalue weighted by atomic mass is 9.82. The molecule has 1 aliphatic carbocycles. The van der Waals surface area contributed by atoms with Crippen LogP contribution in [-0.2, 0) is 4.79 Å². The number of hydrogen-bond acceptors (Lipinski definition) is 3. The topological polar surface area (TPSA) is 29.4 Å². The van der Waals surface area contributed by atoms with Crippen LogP contribution in [0.4, 0.5) is 8.78 Å². The number of hydrogen-bond donors (Lipinski definition) is 0. The molecule has 0 aromatic heterocycles. The maximum atomic E-state index is 13.1. The zero-order valence-electron chi connectivity index (χ0n) is 10.6. The largest absolute Gasteiger partial charge is 0.248 e. The minimum atomic E-state index is -2.59. The Bertz CT molecular complexity index is 309. The van der Waals surface area contributed by atoms with Crippen molar-refractivity contribution in [2.45, 2.75) is 62.7 Å². The van der Waals surface area contributed by atoms with Crippen molar-refractivity contribution in [2.24, 2.45) is 4.99 Å². The molecule has 0 heterocycles. The third-order valence-corrected chi connectivity index (χ3v) is 4.52. The molecule has 0 atom stereocenters. The highest BCUT2D eigenvalue weighted by atomic mass is 32.2. The van der Waals surface area contributed by atoms with E-state index in [1.807, 2.05) is 0 Å². The summed E-state index contributed by atoms with van der Waals surface area (Å²) in [5, 5.41) is 0. The molecule has 0 unspecified atom stereocenters. The Labute approximate surface area is 105 Å². The van der Waals surface area contributed by atoms with Gasteiger partial charge in [-0.25, -0.2) is 13.6 Å². The Balaban J connectivity index is 2.69. The predicted octanol–water partition coefficient (Wildman–Crippen LogP) is 3.80. The van der Waals surface area contributed by atoms with Gasteiger partial charge in [0, 0.05) is 23.3 Å². The monoisotopic (exact) mass is 263 g/mol. The first kappa shape index (κ1) is 14.7. The molecule has 1 fully saturated rings. The normalized spacial score (nSPS) is 22.9. The van der Waals surface area contributed by atoms with E-state index in [-0.39, 0.29) is 30.4 Å². The molecule has 1 rings (SSSR count). The zero-order valence-corrected chi connectivity index (χ0v) is 11.4. The van der Waals surface area contributed by atoms with Gasteiger partial charge in [-0.1, -0.05) is 20.8 Å². The highest BCUT2D eigenvalue weighted by Gasteiger charge is 2.44. The molecule has 0 radical (unpaired) electrons. The average Bonchev–Trinajstić information content (AvgIpc) is 2.19. The van der Waals surface area contributed by atoms with Gasteiger partial charge < -0.3 is 0 Å². The molecule has 0 aromatic rings. The highest BCUT2D eigenvalue weighted by Crippen LogP contribution is 2.43. The number of aliphatic imine (C=N–C) groups is 1. The van der Waals surface area contributed by atoms with Crippen molar-refractivity contribution >= 4 is 17.8 Å². The average molecular weight is 263 g/mol. The number of carbonyl (C=O) groups excluding carboxylic acids is 1. The summed E-state index contributed by atoms with van der Waals surface area (Å²) in [6, 6.07) is 0. The van der Waals surface area contributed by atoms with Crippen molar-refractivity contribution in [1.82, 2.24) is 0 Å². The lowest BCUT2D eigenvalue weighted by Crippen LogP contribution is -2.40. The van der Waals surface area contributed by atoms with Crippen molar-refractivity contribution in [3.05, 3.63) is 0 Å². The van der Waals surface area contributed by atoms with Crippen LogP contribution in [0.15, 0.2) is 4.99 Å². The fourth-order valence-electron chi connectivity index (χ4n) is 1.82. The van der Waals surface area contributed by atoms with Gasteiger partial charge in [0.15, 0.2) is 0 Å². The van der Waals surface area contributed by atoms with Gasteiger partial charge in [-0.2, -0.15) is 16.8 Å². The third kappa shape index (κ3) is 4.76. The molecule has 0 aromatic carbocycles. The molecule has 1 aliphatic rings. The van der Waals surface area contributed by atoms with E-state index < -0.39 is 11.5 Å². The molecule has 0 N–H and O–H groups in total. The van der Waals surface area contributed by atoms with Crippen LogP contribution in [0.25, 0.3) is 0 Å². The summed E-state index contributed by atoms with van der Waals surface area (Å²) in [7, 11) is 0. The lowest BCUT2D eigenvalue weighted by molar-refractivity contribution is -0.0473. The van der Waals surface area contributed by atoms with Crippen LogP contribution in [0.3, 0.4) is 0 Å². The minimum Gasteiger partial charge on any atom is -0.211 e. The smallest absolute Gasteiger partial charge is 0.211 e. The molecule has 98 valence electrons. The first-order chi connectivity index (χ1) is 7.68. The first-order valence-electron chi connectivity index (χ1n) is 5.79. The summed E-state index contributed by atoms with van der Waals surface area (Å²) >= 11 is 1.66. The fraction of sp³-hybridized carbons (Fsp3) is 0.917. The minimum absolute atomic E-state index is 0.0470. The van der Waals surface area contributed by atoms with Crippen LogP contribution in [0.1, 0.15) is 46.5 Å². The van der Waals surface area contributed by atoms with E-state index in [4.69, 9.17) is 0 Å². The van der Waals surface area contributed by atoms with Crippen LogP contribution in [0, 0.1) is 0 Å². The molecular weight excluding hydrogens is 244 g/mol. The quantitative estimate of drug-likeness (QED) is 0.572. The Morgan fingerprint density at radius 3 is 2.18 bits per heavy atom. The van der Waals surface area contributed by atoms with E-state index in [2.05, 4.69) is 25.8 Å². The molecule has 0 saturated heterocycles. The van der Waals surface area contributed by atoms with Crippen LogP contribution >= 0.6 is 11.8 Å². The van der Waals surface area contributed by atoms with E-state index in [9.17, 15) is 13.6 Å². The Kier molecular flexibility index (Phi) is 4.37. The predicted molar refractivity (Wildman–Crippen MR) is 66.5 cm³/mol. The second-order valence-electron chi connectivity index (χ2n) is 5.68. The molecule has 5 heteroatoms. The van der Waals surface area contributed by atoms with E-state index in [0.717, 1.165) is 0 Å². The number of halogens is 2. The summed E-state index contributed by atoms with van der Waals surface area (Å²) in [5.41, 5.74) is -0.624. The van der Waals surface area contributed by atoms with E-state index >= 15 is 0 Å². The molecular formula is C12H19F2NOS. The van der Waals surface area contributed by atoms with Gasteiger partial charge in [-0.3, -0.25) is 0 Å².